The largest absolute Gasteiger partial charge is 0.462 e. The van der Waals surface area contributed by atoms with E-state index >= 15 is 0 Å². The summed E-state index contributed by atoms with van der Waals surface area (Å²) in [6.45, 7) is 12.6. The third-order valence-electron chi connectivity index (χ3n) is 6.33. The molecule has 0 aliphatic carbocycles. The predicted molar refractivity (Wildman–Crippen MR) is 138 cm³/mol. The van der Waals surface area contributed by atoms with Crippen molar-refractivity contribution in [1.82, 2.24) is 15.0 Å². The highest BCUT2D eigenvalue weighted by Gasteiger charge is 2.24. The molecular formula is C28H43N3O4. The summed E-state index contributed by atoms with van der Waals surface area (Å²) >= 11 is 0. The molecule has 0 fully saturated rings. The first-order chi connectivity index (χ1) is 16.8. The zero-order valence-electron chi connectivity index (χ0n) is 21.9. The van der Waals surface area contributed by atoms with E-state index in [1.165, 1.54) is 18.9 Å². The SMILES string of the molecule is C=C(C)/C=C/C(=O)O[C@H]1CCCC(=O)O[C@@H]([C@@H](C)Cn2cc(CCCCC)nn2)C/C=C/C[C@@H]1C. The van der Waals surface area contributed by atoms with Gasteiger partial charge in [0.15, 0.2) is 0 Å². The van der Waals surface area contributed by atoms with Crippen LogP contribution in [0, 0.1) is 11.8 Å². The van der Waals surface area contributed by atoms with E-state index in [0.29, 0.717) is 32.2 Å². The number of ether oxygens (including phenoxy) is 2. The van der Waals surface area contributed by atoms with Gasteiger partial charge in [0.25, 0.3) is 0 Å². The maximum Gasteiger partial charge on any atom is 0.331 e. The van der Waals surface area contributed by atoms with Gasteiger partial charge >= 0.3 is 11.9 Å². The molecule has 7 nitrogen and oxygen atoms in total. The third kappa shape index (κ3) is 11.1. The van der Waals surface area contributed by atoms with Crippen molar-refractivity contribution in [3.8, 4) is 0 Å². The molecule has 0 bridgehead atoms. The Morgan fingerprint density at radius 1 is 1.31 bits per heavy atom. The summed E-state index contributed by atoms with van der Waals surface area (Å²) in [6, 6.07) is 0. The molecule has 0 unspecified atom stereocenters. The number of unbranched alkanes of at least 4 members (excludes halogenated alkanes) is 2. The summed E-state index contributed by atoms with van der Waals surface area (Å²) in [5.74, 6) is -0.336. The molecule has 2 rings (SSSR count). The number of rotatable bonds is 10. The molecule has 0 N–H and O–H groups in total. The molecule has 1 aromatic heterocycles. The fourth-order valence-electron chi connectivity index (χ4n) is 4.13. The van der Waals surface area contributed by atoms with Crippen molar-refractivity contribution >= 4 is 11.9 Å². The zero-order valence-corrected chi connectivity index (χ0v) is 21.9. The molecule has 1 aromatic rings. The van der Waals surface area contributed by atoms with Gasteiger partial charge in [-0.1, -0.05) is 69.2 Å². The quantitative estimate of drug-likeness (QED) is 0.138. The molecule has 1 aliphatic rings. The van der Waals surface area contributed by atoms with Gasteiger partial charge in [-0.25, -0.2) is 4.79 Å². The fraction of sp³-hybridized carbons (Fsp3) is 0.643. The summed E-state index contributed by atoms with van der Waals surface area (Å²) < 4.78 is 13.4. The first-order valence-corrected chi connectivity index (χ1v) is 13.1. The number of esters is 2. The maximum absolute atomic E-state index is 12.6. The van der Waals surface area contributed by atoms with Gasteiger partial charge in [0, 0.05) is 37.6 Å². The number of nitrogens with zero attached hydrogens (tertiary/aromatic N) is 3. The first-order valence-electron chi connectivity index (χ1n) is 13.1. The van der Waals surface area contributed by atoms with Crippen molar-refractivity contribution in [2.24, 2.45) is 11.8 Å². The minimum Gasteiger partial charge on any atom is -0.462 e. The molecule has 0 saturated heterocycles. The number of hydrogen-bond acceptors (Lipinski definition) is 6. The van der Waals surface area contributed by atoms with Gasteiger partial charge in [-0.3, -0.25) is 9.48 Å². The average Bonchev–Trinajstić information content (AvgIpc) is 3.25. The topological polar surface area (TPSA) is 83.3 Å². The van der Waals surface area contributed by atoms with Crippen molar-refractivity contribution in [3.63, 3.8) is 0 Å². The Kier molecular flexibility index (Phi) is 12.5. The van der Waals surface area contributed by atoms with Gasteiger partial charge in [-0.05, 0) is 44.9 Å². The van der Waals surface area contributed by atoms with Crippen molar-refractivity contribution in [1.29, 1.82) is 0 Å². The Labute approximate surface area is 210 Å². The lowest BCUT2D eigenvalue weighted by molar-refractivity contribution is -0.152. The fourth-order valence-corrected chi connectivity index (χ4v) is 4.13. The predicted octanol–water partition coefficient (Wildman–Crippen LogP) is 5.76. The molecular weight excluding hydrogens is 442 g/mol. The minimum absolute atomic E-state index is 0.1000. The summed E-state index contributed by atoms with van der Waals surface area (Å²) in [7, 11) is 0. The van der Waals surface area contributed by atoms with Crippen molar-refractivity contribution in [2.45, 2.75) is 104 Å². The van der Waals surface area contributed by atoms with Crippen LogP contribution in [-0.4, -0.2) is 39.1 Å². The van der Waals surface area contributed by atoms with Gasteiger partial charge in [0.2, 0.25) is 0 Å². The lowest BCUT2D eigenvalue weighted by Gasteiger charge is -2.26. The van der Waals surface area contributed by atoms with Crippen LogP contribution >= 0.6 is 0 Å². The Bertz CT molecular complexity index is 873. The Morgan fingerprint density at radius 2 is 2.09 bits per heavy atom. The maximum atomic E-state index is 12.6. The van der Waals surface area contributed by atoms with Crippen LogP contribution in [0.15, 0.2) is 42.7 Å². The van der Waals surface area contributed by atoms with Crippen molar-refractivity contribution < 1.29 is 19.1 Å². The van der Waals surface area contributed by atoms with Crippen LogP contribution in [0.5, 0.6) is 0 Å². The van der Waals surface area contributed by atoms with E-state index in [2.05, 4.69) is 49.8 Å². The second kappa shape index (κ2) is 15.3. The van der Waals surface area contributed by atoms with Gasteiger partial charge < -0.3 is 9.47 Å². The number of cyclic esters (lactones) is 1. The Balaban J connectivity index is 1.96. The molecule has 0 spiro atoms. The van der Waals surface area contributed by atoms with E-state index < -0.39 is 0 Å². The smallest absolute Gasteiger partial charge is 0.331 e. The summed E-state index contributed by atoms with van der Waals surface area (Å²) in [5.41, 5.74) is 1.81. The van der Waals surface area contributed by atoms with Crippen LogP contribution in [0.4, 0.5) is 0 Å². The van der Waals surface area contributed by atoms with E-state index in [1.807, 2.05) is 17.8 Å². The highest BCUT2D eigenvalue weighted by molar-refractivity contribution is 5.82. The third-order valence-corrected chi connectivity index (χ3v) is 6.33. The molecule has 7 heteroatoms. The van der Waals surface area contributed by atoms with Gasteiger partial charge in [0.05, 0.1) is 5.69 Å². The molecule has 0 radical (unpaired) electrons. The van der Waals surface area contributed by atoms with Gasteiger partial charge in [-0.15, -0.1) is 5.10 Å². The molecule has 2 heterocycles. The summed E-state index contributed by atoms with van der Waals surface area (Å²) in [4.78, 5) is 24.8. The van der Waals surface area contributed by atoms with Gasteiger partial charge in [0.1, 0.15) is 12.2 Å². The molecule has 35 heavy (non-hydrogen) atoms. The number of allylic oxidation sites excluding steroid dienone is 3. The lowest BCUT2D eigenvalue weighted by atomic mass is 9.94. The van der Waals surface area contributed by atoms with Crippen molar-refractivity contribution in [2.75, 3.05) is 0 Å². The normalized spacial score (nSPS) is 23.7. The number of hydrogen-bond donors (Lipinski definition) is 0. The molecule has 1 aliphatic heterocycles. The van der Waals surface area contributed by atoms with E-state index in [0.717, 1.165) is 30.5 Å². The van der Waals surface area contributed by atoms with Crippen LogP contribution in [0.2, 0.25) is 0 Å². The van der Waals surface area contributed by atoms with Crippen molar-refractivity contribution in [3.05, 3.63) is 48.3 Å². The number of aryl methyl sites for hydroxylation is 1. The second-order valence-corrected chi connectivity index (χ2v) is 9.86. The van der Waals surface area contributed by atoms with E-state index in [4.69, 9.17) is 9.47 Å². The standard InChI is InChI=1S/C28H43N3O4/c1-6-7-8-13-24-20-31(30-29-24)19-23(5)26-14-10-9-12-22(4)25(15-11-16-27(32)35-26)34-28(33)18-17-21(2)3/h9-10,17-18,20,22-23,25-26H,2,6-8,11-16,19H2,1,3-5H3/b10-9+,18-17+/t22-,23-,25-,26+/m0/s1. The van der Waals surface area contributed by atoms with Crippen LogP contribution in [0.3, 0.4) is 0 Å². The average molecular weight is 486 g/mol. The van der Waals surface area contributed by atoms with Crippen LogP contribution in [0.25, 0.3) is 0 Å². The number of carbonyl (C=O) groups is 2. The Morgan fingerprint density at radius 3 is 2.83 bits per heavy atom. The van der Waals surface area contributed by atoms with E-state index in [9.17, 15) is 9.59 Å². The summed E-state index contributed by atoms with van der Waals surface area (Å²) in [5, 5.41) is 8.56. The van der Waals surface area contributed by atoms with Crippen LogP contribution in [-0.2, 0) is 32.0 Å². The zero-order chi connectivity index (χ0) is 25.6. The molecule has 4 atom stereocenters. The van der Waals surface area contributed by atoms with Crippen LogP contribution < -0.4 is 0 Å². The second-order valence-electron chi connectivity index (χ2n) is 9.86. The first kappa shape index (κ1) is 28.5. The summed E-state index contributed by atoms with van der Waals surface area (Å²) in [6.07, 6.45) is 16.2. The monoisotopic (exact) mass is 485 g/mol. The number of carbonyl (C=O) groups excluding carboxylic acids is 2. The van der Waals surface area contributed by atoms with E-state index in [-0.39, 0.29) is 36.0 Å². The molecule has 0 saturated carbocycles. The van der Waals surface area contributed by atoms with E-state index in [1.54, 1.807) is 6.08 Å². The molecule has 194 valence electrons. The lowest BCUT2D eigenvalue weighted by Crippen LogP contribution is -2.29. The molecule has 0 amide bonds. The minimum atomic E-state index is -0.376. The Hall–Kier alpha value is -2.70. The van der Waals surface area contributed by atoms with Crippen LogP contribution in [0.1, 0.15) is 84.8 Å². The number of aromatic nitrogens is 3. The van der Waals surface area contributed by atoms with Gasteiger partial charge in [-0.2, -0.15) is 0 Å². The molecule has 0 aromatic carbocycles. The highest BCUT2D eigenvalue weighted by atomic mass is 16.5. The highest BCUT2D eigenvalue weighted by Crippen LogP contribution is 2.22.